The van der Waals surface area contributed by atoms with E-state index in [1.807, 2.05) is 6.07 Å². The SMILES string of the molecule is CCOC(=O)C1CN(CCC2=Cc3ccc(OC)cc32)CCC1O.Cl. The highest BCUT2D eigenvalue weighted by atomic mass is 35.5. The number of rotatable bonds is 6. The maximum atomic E-state index is 12.0. The number of carbonyl (C=O) groups excluding carboxylic acids is 1. The molecule has 0 amide bonds. The Hall–Kier alpha value is -1.56. The first-order chi connectivity index (χ1) is 11.6. The van der Waals surface area contributed by atoms with E-state index in [0.29, 0.717) is 19.6 Å². The van der Waals surface area contributed by atoms with Gasteiger partial charge in [0.2, 0.25) is 0 Å². The summed E-state index contributed by atoms with van der Waals surface area (Å²) >= 11 is 0. The molecule has 1 aliphatic heterocycles. The molecule has 1 saturated heterocycles. The van der Waals surface area contributed by atoms with Crippen molar-refractivity contribution in [1.29, 1.82) is 0 Å². The number of aliphatic hydroxyl groups excluding tert-OH is 1. The summed E-state index contributed by atoms with van der Waals surface area (Å²) in [6.07, 6.45) is 3.17. The van der Waals surface area contributed by atoms with E-state index in [2.05, 4.69) is 23.1 Å². The van der Waals surface area contributed by atoms with Gasteiger partial charge < -0.3 is 19.5 Å². The van der Waals surface area contributed by atoms with Crippen molar-refractivity contribution in [2.24, 2.45) is 5.92 Å². The van der Waals surface area contributed by atoms with Crippen LogP contribution in [0.4, 0.5) is 0 Å². The second kappa shape index (κ2) is 8.70. The summed E-state index contributed by atoms with van der Waals surface area (Å²) in [4.78, 5) is 14.2. The van der Waals surface area contributed by atoms with Crippen LogP contribution >= 0.6 is 12.4 Å². The monoisotopic (exact) mass is 367 g/mol. The summed E-state index contributed by atoms with van der Waals surface area (Å²) in [5.41, 5.74) is 3.83. The van der Waals surface area contributed by atoms with Gasteiger partial charge in [0.1, 0.15) is 5.75 Å². The highest BCUT2D eigenvalue weighted by Gasteiger charge is 2.34. The number of methoxy groups -OCH3 is 1. The van der Waals surface area contributed by atoms with E-state index in [0.717, 1.165) is 25.3 Å². The summed E-state index contributed by atoms with van der Waals surface area (Å²) in [5, 5.41) is 10.1. The number of hydrogen-bond acceptors (Lipinski definition) is 5. The molecule has 138 valence electrons. The third-order valence-electron chi connectivity index (χ3n) is 4.88. The Morgan fingerprint density at radius 2 is 2.20 bits per heavy atom. The molecule has 0 saturated carbocycles. The first-order valence-electron chi connectivity index (χ1n) is 8.58. The summed E-state index contributed by atoms with van der Waals surface area (Å²) in [5.74, 6) is 0.164. The zero-order valence-corrected chi connectivity index (χ0v) is 15.6. The molecule has 1 heterocycles. The van der Waals surface area contributed by atoms with E-state index in [1.54, 1.807) is 14.0 Å². The van der Waals surface area contributed by atoms with Crippen LogP contribution in [0.3, 0.4) is 0 Å². The zero-order chi connectivity index (χ0) is 17.1. The second-order valence-electron chi connectivity index (χ2n) is 6.39. The minimum Gasteiger partial charge on any atom is -0.497 e. The van der Waals surface area contributed by atoms with Crippen molar-refractivity contribution in [3.63, 3.8) is 0 Å². The van der Waals surface area contributed by atoms with Crippen molar-refractivity contribution in [2.75, 3.05) is 33.4 Å². The van der Waals surface area contributed by atoms with Crippen LogP contribution in [0.15, 0.2) is 18.2 Å². The fraction of sp³-hybridized carbons (Fsp3) is 0.526. The number of carbonyl (C=O) groups is 1. The molecule has 0 spiro atoms. The Balaban J connectivity index is 0.00000225. The molecule has 5 nitrogen and oxygen atoms in total. The Kier molecular flexibility index (Phi) is 6.87. The Morgan fingerprint density at radius 3 is 2.92 bits per heavy atom. The van der Waals surface area contributed by atoms with Gasteiger partial charge in [-0.2, -0.15) is 0 Å². The van der Waals surface area contributed by atoms with E-state index in [-0.39, 0.29) is 18.4 Å². The van der Waals surface area contributed by atoms with Crippen molar-refractivity contribution in [3.05, 3.63) is 29.3 Å². The highest BCUT2D eigenvalue weighted by molar-refractivity contribution is 5.96. The summed E-state index contributed by atoms with van der Waals surface area (Å²) < 4.78 is 10.4. The lowest BCUT2D eigenvalue weighted by molar-refractivity contribution is -0.155. The lowest BCUT2D eigenvalue weighted by atomic mass is 9.86. The van der Waals surface area contributed by atoms with E-state index < -0.39 is 12.0 Å². The molecule has 3 rings (SSSR count). The maximum Gasteiger partial charge on any atom is 0.312 e. The zero-order valence-electron chi connectivity index (χ0n) is 14.7. The number of benzene rings is 1. The fourth-order valence-corrected chi connectivity index (χ4v) is 3.43. The number of likely N-dealkylation sites (tertiary alicyclic amines) is 1. The summed E-state index contributed by atoms with van der Waals surface area (Å²) in [6, 6.07) is 6.12. The van der Waals surface area contributed by atoms with Crippen LogP contribution in [-0.4, -0.2) is 55.4 Å². The van der Waals surface area contributed by atoms with Crippen LogP contribution in [-0.2, 0) is 9.53 Å². The standard InChI is InChI=1S/C19H25NO4.ClH/c1-3-24-19(22)17-12-20(9-7-18(17)21)8-6-14-10-13-4-5-15(23-2)11-16(13)14;/h4-5,10-11,17-18,21H,3,6-9,12H2,1-2H3;1H. The van der Waals surface area contributed by atoms with Crippen molar-refractivity contribution < 1.29 is 19.4 Å². The quantitative estimate of drug-likeness (QED) is 0.783. The minimum atomic E-state index is -0.590. The third kappa shape index (κ3) is 4.35. The van der Waals surface area contributed by atoms with Crippen molar-refractivity contribution >= 4 is 30.0 Å². The average Bonchev–Trinajstić information content (AvgIpc) is 2.57. The van der Waals surface area contributed by atoms with Crippen molar-refractivity contribution in [1.82, 2.24) is 4.90 Å². The van der Waals surface area contributed by atoms with Gasteiger partial charge in [0.15, 0.2) is 0 Å². The first kappa shape index (κ1) is 19.8. The van der Waals surface area contributed by atoms with Gasteiger partial charge in [0.05, 0.1) is 25.7 Å². The normalized spacial score (nSPS) is 22.1. The van der Waals surface area contributed by atoms with Gasteiger partial charge in [-0.05, 0) is 48.6 Å². The Labute approximate surface area is 155 Å². The van der Waals surface area contributed by atoms with Crippen LogP contribution in [0.2, 0.25) is 0 Å². The number of aliphatic hydroxyl groups is 1. The predicted molar refractivity (Wildman–Crippen MR) is 99.9 cm³/mol. The minimum absolute atomic E-state index is 0. The molecule has 1 aromatic carbocycles. The topological polar surface area (TPSA) is 59.0 Å². The molecule has 2 atom stereocenters. The molecule has 0 bridgehead atoms. The Morgan fingerprint density at radius 1 is 1.40 bits per heavy atom. The van der Waals surface area contributed by atoms with E-state index >= 15 is 0 Å². The molecule has 1 N–H and O–H groups in total. The number of piperidine rings is 1. The number of esters is 1. The first-order valence-corrected chi connectivity index (χ1v) is 8.58. The summed E-state index contributed by atoms with van der Waals surface area (Å²) in [6.45, 7) is 4.41. The average molecular weight is 368 g/mol. The molecule has 0 aromatic heterocycles. The van der Waals surface area contributed by atoms with Gasteiger partial charge in [-0.3, -0.25) is 4.79 Å². The lowest BCUT2D eigenvalue weighted by Gasteiger charge is -2.35. The van der Waals surface area contributed by atoms with E-state index in [4.69, 9.17) is 9.47 Å². The molecule has 1 fully saturated rings. The molecule has 0 radical (unpaired) electrons. The van der Waals surface area contributed by atoms with Crippen LogP contribution in [0.25, 0.3) is 11.6 Å². The number of fused-ring (bicyclic) bond motifs is 1. The van der Waals surface area contributed by atoms with Crippen LogP contribution in [0, 0.1) is 5.92 Å². The number of hydrogen-bond donors (Lipinski definition) is 1. The van der Waals surface area contributed by atoms with Gasteiger partial charge in [-0.1, -0.05) is 12.1 Å². The van der Waals surface area contributed by atoms with Gasteiger partial charge in [-0.15, -0.1) is 12.4 Å². The van der Waals surface area contributed by atoms with Gasteiger partial charge in [0, 0.05) is 19.6 Å². The number of halogens is 1. The number of ether oxygens (including phenoxy) is 2. The van der Waals surface area contributed by atoms with Gasteiger partial charge >= 0.3 is 5.97 Å². The molecular weight excluding hydrogens is 342 g/mol. The molecule has 6 heteroatoms. The second-order valence-corrected chi connectivity index (χ2v) is 6.39. The third-order valence-corrected chi connectivity index (χ3v) is 4.88. The molecule has 25 heavy (non-hydrogen) atoms. The molecule has 1 aromatic rings. The number of nitrogens with zero attached hydrogens (tertiary/aromatic N) is 1. The maximum absolute atomic E-state index is 12.0. The summed E-state index contributed by atoms with van der Waals surface area (Å²) in [7, 11) is 1.68. The van der Waals surface area contributed by atoms with E-state index in [9.17, 15) is 9.90 Å². The van der Waals surface area contributed by atoms with Gasteiger partial charge in [-0.25, -0.2) is 0 Å². The van der Waals surface area contributed by atoms with Crippen molar-refractivity contribution in [3.8, 4) is 5.75 Å². The highest BCUT2D eigenvalue weighted by Crippen LogP contribution is 2.37. The molecule has 1 aliphatic carbocycles. The molecule has 2 aliphatic rings. The van der Waals surface area contributed by atoms with E-state index in [1.165, 1.54) is 16.7 Å². The Bertz CT molecular complexity index is 646. The lowest BCUT2D eigenvalue weighted by Crippen LogP contribution is -2.47. The molecule has 2 unspecified atom stereocenters. The van der Waals surface area contributed by atoms with Crippen LogP contribution in [0.5, 0.6) is 5.75 Å². The van der Waals surface area contributed by atoms with Crippen LogP contribution in [0.1, 0.15) is 30.9 Å². The largest absolute Gasteiger partial charge is 0.497 e. The smallest absolute Gasteiger partial charge is 0.312 e. The predicted octanol–water partition coefficient (Wildman–Crippen LogP) is 2.61. The van der Waals surface area contributed by atoms with Crippen LogP contribution < -0.4 is 4.74 Å². The van der Waals surface area contributed by atoms with Crippen molar-refractivity contribution in [2.45, 2.75) is 25.9 Å². The fourth-order valence-electron chi connectivity index (χ4n) is 3.43. The van der Waals surface area contributed by atoms with Gasteiger partial charge in [0.25, 0.3) is 0 Å². The molecular formula is C19H26ClNO4.